The van der Waals surface area contributed by atoms with Crippen LogP contribution in [0.15, 0.2) is 34.8 Å². The Labute approximate surface area is 78.9 Å². The number of nitrogens with one attached hydrogen (secondary N) is 1. The van der Waals surface area contributed by atoms with E-state index in [2.05, 4.69) is 4.72 Å². The summed E-state index contributed by atoms with van der Waals surface area (Å²) in [5, 5.41) is 0. The zero-order valence-electron chi connectivity index (χ0n) is 7.74. The van der Waals surface area contributed by atoms with Crippen molar-refractivity contribution in [2.75, 3.05) is 6.54 Å². The molecule has 4 heteroatoms. The molecule has 0 aromatic carbocycles. The van der Waals surface area contributed by atoms with Crippen LogP contribution in [-0.4, -0.2) is 15.0 Å². The standard InChI is InChI=1S/C9H13NO2S/c1-3-5-6-8-7-10-13(11,12)9(8)4-2/h3-6,10H,7H2,1-2H3/b5-3-,8-6-,9-4+. The van der Waals surface area contributed by atoms with Crippen molar-refractivity contribution in [1.29, 1.82) is 0 Å². The SMILES string of the molecule is C\C=C/C=C1/CNS(=O)(=O)/C1=C/C. The van der Waals surface area contributed by atoms with Gasteiger partial charge < -0.3 is 0 Å². The molecule has 1 aliphatic heterocycles. The Bertz CT molecular complexity index is 374. The van der Waals surface area contributed by atoms with Crippen molar-refractivity contribution >= 4 is 10.0 Å². The van der Waals surface area contributed by atoms with Crippen molar-refractivity contribution in [3.8, 4) is 0 Å². The van der Waals surface area contributed by atoms with Gasteiger partial charge in [-0.2, -0.15) is 0 Å². The van der Waals surface area contributed by atoms with Gasteiger partial charge in [0, 0.05) is 6.54 Å². The lowest BCUT2D eigenvalue weighted by atomic mass is 10.2. The third-order valence-corrected chi connectivity index (χ3v) is 3.41. The molecule has 1 fully saturated rings. The predicted molar refractivity (Wildman–Crippen MR) is 53.6 cm³/mol. The lowest BCUT2D eigenvalue weighted by Gasteiger charge is -1.94. The molecule has 0 unspecified atom stereocenters. The topological polar surface area (TPSA) is 46.2 Å². The molecule has 13 heavy (non-hydrogen) atoms. The minimum atomic E-state index is -3.21. The van der Waals surface area contributed by atoms with Gasteiger partial charge in [0.15, 0.2) is 0 Å². The molecule has 0 radical (unpaired) electrons. The molecule has 0 spiro atoms. The maximum absolute atomic E-state index is 11.3. The molecular formula is C9H13NO2S. The van der Waals surface area contributed by atoms with E-state index in [9.17, 15) is 8.42 Å². The van der Waals surface area contributed by atoms with Crippen molar-refractivity contribution in [3.05, 3.63) is 34.8 Å². The van der Waals surface area contributed by atoms with Crippen molar-refractivity contribution in [3.63, 3.8) is 0 Å². The van der Waals surface area contributed by atoms with Crippen molar-refractivity contribution in [2.45, 2.75) is 13.8 Å². The summed E-state index contributed by atoms with van der Waals surface area (Å²) in [4.78, 5) is 0.394. The Morgan fingerprint density at radius 3 is 2.62 bits per heavy atom. The Hall–Kier alpha value is -0.870. The molecule has 0 saturated carbocycles. The maximum Gasteiger partial charge on any atom is 0.240 e. The Morgan fingerprint density at radius 1 is 1.38 bits per heavy atom. The van der Waals surface area contributed by atoms with Gasteiger partial charge in [0.25, 0.3) is 0 Å². The maximum atomic E-state index is 11.3. The summed E-state index contributed by atoms with van der Waals surface area (Å²) in [6.45, 7) is 4.01. The quantitative estimate of drug-likeness (QED) is 0.692. The van der Waals surface area contributed by atoms with E-state index in [-0.39, 0.29) is 0 Å². The Kier molecular flexibility index (Phi) is 3.06. The molecule has 0 atom stereocenters. The highest BCUT2D eigenvalue weighted by molar-refractivity contribution is 7.94. The Balaban J connectivity index is 3.08. The van der Waals surface area contributed by atoms with Gasteiger partial charge in [-0.1, -0.05) is 24.3 Å². The van der Waals surface area contributed by atoms with Crippen molar-refractivity contribution in [1.82, 2.24) is 4.72 Å². The monoisotopic (exact) mass is 199 g/mol. The van der Waals surface area contributed by atoms with Crippen LogP contribution in [0.4, 0.5) is 0 Å². The normalized spacial score (nSPS) is 27.8. The lowest BCUT2D eigenvalue weighted by molar-refractivity contribution is 0.597. The van der Waals surface area contributed by atoms with Crippen molar-refractivity contribution in [2.24, 2.45) is 0 Å². The highest BCUT2D eigenvalue weighted by Gasteiger charge is 2.27. The van der Waals surface area contributed by atoms with E-state index in [1.165, 1.54) is 0 Å². The number of hydrogen-bond acceptors (Lipinski definition) is 2. The molecule has 0 bridgehead atoms. The molecule has 72 valence electrons. The summed E-state index contributed by atoms with van der Waals surface area (Å²) in [5.41, 5.74) is 0.820. The van der Waals surface area contributed by atoms with Gasteiger partial charge in [0.1, 0.15) is 0 Å². The molecule has 1 N–H and O–H groups in total. The van der Waals surface area contributed by atoms with E-state index in [4.69, 9.17) is 0 Å². The third kappa shape index (κ3) is 2.08. The summed E-state index contributed by atoms with van der Waals surface area (Å²) in [6.07, 6.45) is 7.13. The number of allylic oxidation sites excluding steroid dienone is 4. The van der Waals surface area contributed by atoms with E-state index in [1.54, 1.807) is 13.0 Å². The fraction of sp³-hybridized carbons (Fsp3) is 0.333. The van der Waals surface area contributed by atoms with Crippen molar-refractivity contribution < 1.29 is 8.42 Å². The summed E-state index contributed by atoms with van der Waals surface area (Å²) in [5.74, 6) is 0. The zero-order chi connectivity index (χ0) is 9.90. The molecule has 0 aromatic heterocycles. The largest absolute Gasteiger partial charge is 0.240 e. The summed E-state index contributed by atoms with van der Waals surface area (Å²) in [6, 6.07) is 0. The minimum absolute atomic E-state index is 0.394. The predicted octanol–water partition coefficient (Wildman–Crippen LogP) is 1.33. The van der Waals surface area contributed by atoms with E-state index >= 15 is 0 Å². The smallest absolute Gasteiger partial charge is 0.207 e. The van der Waals surface area contributed by atoms with E-state index in [1.807, 2.05) is 25.2 Å². The van der Waals surface area contributed by atoms with Gasteiger partial charge in [-0.05, 0) is 19.4 Å². The average molecular weight is 199 g/mol. The summed E-state index contributed by atoms with van der Waals surface area (Å²) in [7, 11) is -3.21. The first kappa shape index (κ1) is 10.2. The van der Waals surface area contributed by atoms with Gasteiger partial charge in [0.05, 0.1) is 4.91 Å². The molecule has 1 aliphatic rings. The first-order chi connectivity index (χ1) is 6.11. The second-order valence-electron chi connectivity index (χ2n) is 2.70. The zero-order valence-corrected chi connectivity index (χ0v) is 8.56. The lowest BCUT2D eigenvalue weighted by Crippen LogP contribution is -2.14. The van der Waals surface area contributed by atoms with Crippen LogP contribution in [0.25, 0.3) is 0 Å². The highest BCUT2D eigenvalue weighted by Crippen LogP contribution is 2.21. The Morgan fingerprint density at radius 2 is 2.08 bits per heavy atom. The first-order valence-electron chi connectivity index (χ1n) is 4.10. The molecule has 0 amide bonds. The van der Waals surface area contributed by atoms with Crippen LogP contribution in [0, 0.1) is 0 Å². The van der Waals surface area contributed by atoms with Crippen LogP contribution >= 0.6 is 0 Å². The number of hydrogen-bond donors (Lipinski definition) is 1. The molecule has 3 nitrogen and oxygen atoms in total. The van der Waals surface area contributed by atoms with Crippen LogP contribution in [0.1, 0.15) is 13.8 Å². The fourth-order valence-electron chi connectivity index (χ4n) is 1.20. The highest BCUT2D eigenvalue weighted by atomic mass is 32.2. The van der Waals surface area contributed by atoms with Gasteiger partial charge in [0.2, 0.25) is 10.0 Å². The fourth-order valence-corrected chi connectivity index (χ4v) is 2.50. The second kappa shape index (κ2) is 3.89. The van der Waals surface area contributed by atoms with E-state index in [0.29, 0.717) is 11.4 Å². The minimum Gasteiger partial charge on any atom is -0.207 e. The van der Waals surface area contributed by atoms with Crippen LogP contribution in [0.2, 0.25) is 0 Å². The first-order valence-corrected chi connectivity index (χ1v) is 5.58. The number of sulfonamides is 1. The van der Waals surface area contributed by atoms with Gasteiger partial charge in [-0.3, -0.25) is 0 Å². The molecule has 0 aromatic rings. The van der Waals surface area contributed by atoms with Crippen LogP contribution in [-0.2, 0) is 10.0 Å². The van der Waals surface area contributed by atoms with Gasteiger partial charge in [-0.15, -0.1) is 0 Å². The number of rotatable bonds is 1. The van der Waals surface area contributed by atoms with E-state index in [0.717, 1.165) is 5.57 Å². The van der Waals surface area contributed by atoms with Gasteiger partial charge in [-0.25, -0.2) is 13.1 Å². The summed E-state index contributed by atoms with van der Waals surface area (Å²) >= 11 is 0. The molecule has 0 aliphatic carbocycles. The molecule has 1 rings (SSSR count). The van der Waals surface area contributed by atoms with Gasteiger partial charge >= 0.3 is 0 Å². The molecule has 1 heterocycles. The van der Waals surface area contributed by atoms with Crippen LogP contribution in [0.5, 0.6) is 0 Å². The summed E-state index contributed by atoms with van der Waals surface area (Å²) < 4.78 is 25.1. The van der Waals surface area contributed by atoms with Crippen LogP contribution < -0.4 is 4.72 Å². The van der Waals surface area contributed by atoms with E-state index < -0.39 is 10.0 Å². The molecular weight excluding hydrogens is 186 g/mol. The van der Waals surface area contributed by atoms with Crippen LogP contribution in [0.3, 0.4) is 0 Å². The average Bonchev–Trinajstić information content (AvgIpc) is 2.37. The second-order valence-corrected chi connectivity index (χ2v) is 4.43. The molecule has 1 saturated heterocycles. The third-order valence-electron chi connectivity index (χ3n) is 1.81.